The van der Waals surface area contributed by atoms with Crippen LogP contribution in [0.4, 0.5) is 0 Å². The van der Waals surface area contributed by atoms with Crippen LogP contribution in [0.2, 0.25) is 0 Å². The number of allylic oxidation sites excluding steroid dienone is 1. The lowest BCUT2D eigenvalue weighted by Crippen LogP contribution is -2.14. The summed E-state index contributed by atoms with van der Waals surface area (Å²) >= 11 is 0. The van der Waals surface area contributed by atoms with Crippen LogP contribution in [0.3, 0.4) is 0 Å². The van der Waals surface area contributed by atoms with Gasteiger partial charge in [0.15, 0.2) is 5.78 Å². The van der Waals surface area contributed by atoms with Crippen LogP contribution < -0.4 is 0 Å². The summed E-state index contributed by atoms with van der Waals surface area (Å²) in [6, 6.07) is 22.5. The number of hydrogen-bond donors (Lipinski definition) is 1. The topological polar surface area (TPSA) is 54.4 Å². The standard InChI is InChI=1S/C23H18O3/c1-16-11-13-18(14-12-16)22(25)20(15-17-7-3-2-4-8-17)23(26)19-9-5-6-10-21(19)24/h2-15,24H,1H3/b20-15-. The van der Waals surface area contributed by atoms with Gasteiger partial charge < -0.3 is 5.11 Å². The first-order valence-electron chi connectivity index (χ1n) is 8.27. The highest BCUT2D eigenvalue weighted by Gasteiger charge is 2.23. The number of para-hydroxylation sites is 1. The van der Waals surface area contributed by atoms with Crippen molar-refractivity contribution in [3.05, 3.63) is 107 Å². The van der Waals surface area contributed by atoms with Crippen molar-refractivity contribution < 1.29 is 14.7 Å². The molecular weight excluding hydrogens is 324 g/mol. The summed E-state index contributed by atoms with van der Waals surface area (Å²) in [7, 11) is 0. The van der Waals surface area contributed by atoms with E-state index in [2.05, 4.69) is 0 Å². The molecule has 0 atom stereocenters. The van der Waals surface area contributed by atoms with Crippen molar-refractivity contribution in [2.75, 3.05) is 0 Å². The molecule has 0 saturated heterocycles. The SMILES string of the molecule is Cc1ccc(C(=O)/C(=C/c2ccccc2)C(=O)c2ccccc2O)cc1. The van der Waals surface area contributed by atoms with Gasteiger partial charge in [-0.15, -0.1) is 0 Å². The lowest BCUT2D eigenvalue weighted by Gasteiger charge is -2.09. The number of phenolic OH excluding ortho intramolecular Hbond substituents is 1. The molecule has 0 aliphatic rings. The zero-order chi connectivity index (χ0) is 18.5. The number of Topliss-reactive ketones (excluding diaryl/α,β-unsaturated/α-hetero) is 2. The van der Waals surface area contributed by atoms with Gasteiger partial charge in [0.05, 0.1) is 11.1 Å². The third-order valence-electron chi connectivity index (χ3n) is 4.06. The Morgan fingerprint density at radius 2 is 1.38 bits per heavy atom. The summed E-state index contributed by atoms with van der Waals surface area (Å²) in [6.45, 7) is 1.93. The number of benzene rings is 3. The van der Waals surface area contributed by atoms with Gasteiger partial charge in [-0.05, 0) is 30.7 Å². The average molecular weight is 342 g/mol. The fraction of sp³-hybridized carbons (Fsp3) is 0.0435. The molecule has 0 bridgehead atoms. The largest absolute Gasteiger partial charge is 0.507 e. The molecule has 0 fully saturated rings. The highest BCUT2D eigenvalue weighted by Crippen LogP contribution is 2.23. The predicted octanol–water partition coefficient (Wildman–Crippen LogP) is 4.85. The number of carbonyl (C=O) groups excluding carboxylic acids is 2. The summed E-state index contributed by atoms with van der Waals surface area (Å²) < 4.78 is 0. The molecule has 0 saturated carbocycles. The summed E-state index contributed by atoms with van der Waals surface area (Å²) in [5.41, 5.74) is 2.33. The van der Waals surface area contributed by atoms with Gasteiger partial charge in [-0.1, -0.05) is 72.3 Å². The number of aryl methyl sites for hydroxylation is 1. The minimum Gasteiger partial charge on any atom is -0.507 e. The lowest BCUT2D eigenvalue weighted by molar-refractivity contribution is 0.0963. The van der Waals surface area contributed by atoms with E-state index in [4.69, 9.17) is 0 Å². The van der Waals surface area contributed by atoms with Crippen LogP contribution in [-0.4, -0.2) is 16.7 Å². The number of ketones is 2. The molecule has 0 aliphatic heterocycles. The number of aromatic hydroxyl groups is 1. The maximum Gasteiger partial charge on any atom is 0.200 e. The molecule has 3 rings (SSSR count). The Hall–Kier alpha value is -3.46. The smallest absolute Gasteiger partial charge is 0.200 e. The molecule has 0 amide bonds. The summed E-state index contributed by atoms with van der Waals surface area (Å²) in [4.78, 5) is 26.0. The first-order valence-corrected chi connectivity index (χ1v) is 8.27. The highest BCUT2D eigenvalue weighted by atomic mass is 16.3. The van der Waals surface area contributed by atoms with Gasteiger partial charge in [0.25, 0.3) is 0 Å². The van der Waals surface area contributed by atoms with E-state index in [1.54, 1.807) is 30.3 Å². The van der Waals surface area contributed by atoms with E-state index in [1.165, 1.54) is 12.1 Å². The molecule has 0 aliphatic carbocycles. The predicted molar refractivity (Wildman–Crippen MR) is 102 cm³/mol. The Bertz CT molecular complexity index is 968. The van der Waals surface area contributed by atoms with Gasteiger partial charge >= 0.3 is 0 Å². The molecule has 0 aromatic heterocycles. The minimum absolute atomic E-state index is 0.0153. The Balaban J connectivity index is 2.09. The first-order chi connectivity index (χ1) is 12.6. The highest BCUT2D eigenvalue weighted by molar-refractivity contribution is 6.33. The maximum absolute atomic E-state index is 13.0. The van der Waals surface area contributed by atoms with Crippen LogP contribution in [0.15, 0.2) is 84.4 Å². The van der Waals surface area contributed by atoms with Gasteiger partial charge in [-0.2, -0.15) is 0 Å². The van der Waals surface area contributed by atoms with Gasteiger partial charge in [0.1, 0.15) is 5.75 Å². The molecular formula is C23H18O3. The molecule has 3 aromatic rings. The van der Waals surface area contributed by atoms with Crippen molar-refractivity contribution >= 4 is 17.6 Å². The average Bonchev–Trinajstić information content (AvgIpc) is 2.67. The van der Waals surface area contributed by atoms with Crippen molar-refractivity contribution in [2.24, 2.45) is 0 Å². The summed E-state index contributed by atoms with van der Waals surface area (Å²) in [5.74, 6) is -1.02. The fourth-order valence-corrected chi connectivity index (χ4v) is 2.62. The monoisotopic (exact) mass is 342 g/mol. The summed E-state index contributed by atoms with van der Waals surface area (Å²) in [5, 5.41) is 10.0. The van der Waals surface area contributed by atoms with Crippen molar-refractivity contribution in [3.8, 4) is 5.75 Å². The van der Waals surface area contributed by atoms with E-state index in [9.17, 15) is 14.7 Å². The van der Waals surface area contributed by atoms with E-state index in [0.29, 0.717) is 5.56 Å². The molecule has 26 heavy (non-hydrogen) atoms. The third kappa shape index (κ3) is 3.78. The van der Waals surface area contributed by atoms with Gasteiger partial charge in [-0.3, -0.25) is 9.59 Å². The minimum atomic E-state index is -0.502. The Labute approximate surface area is 152 Å². The van der Waals surface area contributed by atoms with Crippen LogP contribution in [-0.2, 0) is 0 Å². The van der Waals surface area contributed by atoms with Crippen LogP contribution >= 0.6 is 0 Å². The van der Waals surface area contributed by atoms with E-state index in [0.717, 1.165) is 11.1 Å². The van der Waals surface area contributed by atoms with Crippen LogP contribution in [0, 0.1) is 6.92 Å². The second kappa shape index (κ2) is 7.62. The Morgan fingerprint density at radius 3 is 2.04 bits per heavy atom. The van der Waals surface area contributed by atoms with Crippen LogP contribution in [0.25, 0.3) is 6.08 Å². The van der Waals surface area contributed by atoms with Crippen molar-refractivity contribution in [1.82, 2.24) is 0 Å². The molecule has 0 radical (unpaired) electrons. The van der Waals surface area contributed by atoms with E-state index in [1.807, 2.05) is 49.4 Å². The first kappa shape index (κ1) is 17.4. The van der Waals surface area contributed by atoms with Gasteiger partial charge in [0, 0.05) is 5.56 Å². The molecule has 0 unspecified atom stereocenters. The zero-order valence-corrected chi connectivity index (χ0v) is 14.3. The number of hydrogen-bond acceptors (Lipinski definition) is 3. The van der Waals surface area contributed by atoms with Gasteiger partial charge in [-0.25, -0.2) is 0 Å². The van der Waals surface area contributed by atoms with E-state index >= 15 is 0 Å². The van der Waals surface area contributed by atoms with Crippen LogP contribution in [0.1, 0.15) is 31.8 Å². The van der Waals surface area contributed by atoms with E-state index in [-0.39, 0.29) is 22.7 Å². The molecule has 0 spiro atoms. The third-order valence-corrected chi connectivity index (χ3v) is 4.06. The van der Waals surface area contributed by atoms with Crippen molar-refractivity contribution in [1.29, 1.82) is 0 Å². The molecule has 128 valence electrons. The number of carbonyl (C=O) groups is 2. The van der Waals surface area contributed by atoms with Crippen molar-refractivity contribution in [2.45, 2.75) is 6.92 Å². The zero-order valence-electron chi connectivity index (χ0n) is 14.3. The molecule has 3 heteroatoms. The fourth-order valence-electron chi connectivity index (χ4n) is 2.62. The maximum atomic E-state index is 13.0. The molecule has 3 nitrogen and oxygen atoms in total. The number of rotatable bonds is 5. The molecule has 3 aromatic carbocycles. The van der Waals surface area contributed by atoms with E-state index < -0.39 is 5.78 Å². The Morgan fingerprint density at radius 1 is 0.769 bits per heavy atom. The summed E-state index contributed by atoms with van der Waals surface area (Å²) in [6.07, 6.45) is 1.57. The molecule has 0 heterocycles. The second-order valence-corrected chi connectivity index (χ2v) is 6.01. The lowest BCUT2D eigenvalue weighted by atomic mass is 9.93. The normalized spacial score (nSPS) is 11.2. The quantitative estimate of drug-likeness (QED) is 0.312. The number of phenols is 1. The molecule has 1 N–H and O–H groups in total. The van der Waals surface area contributed by atoms with Gasteiger partial charge in [0.2, 0.25) is 5.78 Å². The van der Waals surface area contributed by atoms with Crippen molar-refractivity contribution in [3.63, 3.8) is 0 Å². The second-order valence-electron chi connectivity index (χ2n) is 6.01. The van der Waals surface area contributed by atoms with Crippen LogP contribution in [0.5, 0.6) is 5.75 Å². The Kier molecular flexibility index (Phi) is 5.09.